The van der Waals surface area contributed by atoms with E-state index >= 15 is 0 Å². The van der Waals surface area contributed by atoms with Crippen molar-refractivity contribution in [3.8, 4) is 10.7 Å². The van der Waals surface area contributed by atoms with Gasteiger partial charge in [-0.3, -0.25) is 4.79 Å². The minimum atomic E-state index is -0.263. The zero-order valence-corrected chi connectivity index (χ0v) is 14.0. The monoisotopic (exact) mass is 313 g/mol. The van der Waals surface area contributed by atoms with Crippen molar-refractivity contribution in [3.05, 3.63) is 41.4 Å². The Bertz CT molecular complexity index is 839. The number of nitrogens with zero attached hydrogens (tertiary/aromatic N) is 2. The Morgan fingerprint density at radius 1 is 1.27 bits per heavy atom. The number of carbonyl (C=O) groups is 1. The highest BCUT2D eigenvalue weighted by atomic mass is 32.1. The number of thiazole rings is 1. The highest BCUT2D eigenvalue weighted by molar-refractivity contribution is 7.13. The lowest BCUT2D eigenvalue weighted by molar-refractivity contribution is 0.0915. The Morgan fingerprint density at radius 3 is 2.68 bits per heavy atom. The minimum absolute atomic E-state index is 0.131. The molecule has 0 radical (unpaired) electrons. The van der Waals surface area contributed by atoms with Crippen LogP contribution in [0.1, 0.15) is 31.3 Å². The molecule has 0 spiro atoms. The van der Waals surface area contributed by atoms with Crippen LogP contribution in [-0.4, -0.2) is 21.0 Å². The van der Waals surface area contributed by atoms with Gasteiger partial charge in [-0.15, -0.1) is 11.3 Å². The maximum absolute atomic E-state index is 12.2. The molecule has 0 atom stereocenters. The summed E-state index contributed by atoms with van der Waals surface area (Å²) in [5.41, 5.74) is 2.40. The maximum Gasteiger partial charge on any atom is 0.271 e. The van der Waals surface area contributed by atoms with E-state index in [0.29, 0.717) is 5.69 Å². The van der Waals surface area contributed by atoms with Gasteiger partial charge < -0.3 is 9.88 Å². The number of nitrogens with one attached hydrogen (secondary N) is 1. The van der Waals surface area contributed by atoms with Crippen molar-refractivity contribution < 1.29 is 4.79 Å². The average molecular weight is 313 g/mol. The largest absolute Gasteiger partial charge is 0.346 e. The van der Waals surface area contributed by atoms with E-state index in [9.17, 15) is 4.79 Å². The third kappa shape index (κ3) is 2.76. The van der Waals surface area contributed by atoms with Gasteiger partial charge in [0.05, 0.1) is 5.69 Å². The highest BCUT2D eigenvalue weighted by Gasteiger charge is 2.19. The number of benzene rings is 1. The summed E-state index contributed by atoms with van der Waals surface area (Å²) in [5.74, 6) is -0.131. The fourth-order valence-corrected chi connectivity index (χ4v) is 3.25. The topological polar surface area (TPSA) is 46.9 Å². The lowest BCUT2D eigenvalue weighted by Gasteiger charge is -2.19. The molecule has 0 aliphatic carbocycles. The molecule has 4 nitrogen and oxygen atoms in total. The Kier molecular flexibility index (Phi) is 3.53. The summed E-state index contributed by atoms with van der Waals surface area (Å²) in [7, 11) is 2.02. The van der Waals surface area contributed by atoms with Crippen molar-refractivity contribution in [1.29, 1.82) is 0 Å². The third-order valence-corrected chi connectivity index (χ3v) is 4.26. The van der Waals surface area contributed by atoms with Crippen molar-refractivity contribution in [2.45, 2.75) is 26.3 Å². The molecular formula is C17H19N3OS. The van der Waals surface area contributed by atoms with Gasteiger partial charge in [0.1, 0.15) is 10.7 Å². The summed E-state index contributed by atoms with van der Waals surface area (Å²) >= 11 is 1.49. The van der Waals surface area contributed by atoms with Crippen LogP contribution in [0.5, 0.6) is 0 Å². The van der Waals surface area contributed by atoms with Gasteiger partial charge in [0.25, 0.3) is 5.91 Å². The lowest BCUT2D eigenvalue weighted by atomic mass is 10.1. The molecule has 1 N–H and O–H groups in total. The fourth-order valence-electron chi connectivity index (χ4n) is 2.39. The van der Waals surface area contributed by atoms with E-state index in [0.717, 1.165) is 16.2 Å². The van der Waals surface area contributed by atoms with Crippen LogP contribution in [0, 0.1) is 0 Å². The number of aromatic nitrogens is 2. The number of hydrogen-bond donors (Lipinski definition) is 1. The summed E-state index contributed by atoms with van der Waals surface area (Å²) < 4.78 is 2.11. The van der Waals surface area contributed by atoms with Crippen LogP contribution < -0.4 is 5.32 Å². The van der Waals surface area contributed by atoms with Gasteiger partial charge in [-0.2, -0.15) is 0 Å². The van der Waals surface area contributed by atoms with Gasteiger partial charge in [-0.1, -0.05) is 18.2 Å². The summed E-state index contributed by atoms with van der Waals surface area (Å²) in [5, 5.41) is 6.79. The molecular weight excluding hydrogens is 294 g/mol. The SMILES string of the molecule is Cn1c(-c2nc(C(=O)NC(C)(C)C)cs2)cc2ccccc21. The first-order valence-electron chi connectivity index (χ1n) is 7.18. The van der Waals surface area contributed by atoms with E-state index < -0.39 is 0 Å². The smallest absolute Gasteiger partial charge is 0.271 e. The summed E-state index contributed by atoms with van der Waals surface area (Å²) in [6.45, 7) is 5.88. The first-order chi connectivity index (χ1) is 10.3. The molecule has 2 heterocycles. The molecule has 0 aliphatic rings. The number of aryl methyl sites for hydroxylation is 1. The molecule has 0 saturated carbocycles. The van der Waals surface area contributed by atoms with Gasteiger partial charge in [0, 0.05) is 28.9 Å². The third-order valence-electron chi connectivity index (χ3n) is 3.40. The Labute approximate surface area is 133 Å². The molecule has 0 aliphatic heterocycles. The first kappa shape index (κ1) is 14.8. The quantitative estimate of drug-likeness (QED) is 0.781. The van der Waals surface area contributed by atoms with Gasteiger partial charge in [0.15, 0.2) is 0 Å². The zero-order chi connectivity index (χ0) is 15.9. The number of fused-ring (bicyclic) bond motifs is 1. The average Bonchev–Trinajstić information content (AvgIpc) is 3.03. The van der Waals surface area contributed by atoms with Crippen LogP contribution in [-0.2, 0) is 7.05 Å². The van der Waals surface area contributed by atoms with Gasteiger partial charge in [0.2, 0.25) is 0 Å². The number of hydrogen-bond acceptors (Lipinski definition) is 3. The second kappa shape index (κ2) is 5.25. The van der Waals surface area contributed by atoms with Crippen LogP contribution in [0.2, 0.25) is 0 Å². The van der Waals surface area contributed by atoms with E-state index in [2.05, 4.69) is 33.1 Å². The highest BCUT2D eigenvalue weighted by Crippen LogP contribution is 2.29. The van der Waals surface area contributed by atoms with Gasteiger partial charge >= 0.3 is 0 Å². The molecule has 0 bridgehead atoms. The van der Waals surface area contributed by atoms with Crippen LogP contribution in [0.25, 0.3) is 21.6 Å². The Balaban J connectivity index is 1.96. The maximum atomic E-state index is 12.2. The molecule has 3 rings (SSSR count). The number of para-hydroxylation sites is 1. The standard InChI is InChI=1S/C17H19N3OS/c1-17(2,3)19-15(21)12-10-22-16(18-12)14-9-11-7-5-6-8-13(11)20(14)4/h5-10H,1-4H3,(H,19,21). The lowest BCUT2D eigenvalue weighted by Crippen LogP contribution is -2.40. The van der Waals surface area contributed by atoms with Crippen LogP contribution in [0.4, 0.5) is 0 Å². The van der Waals surface area contributed by atoms with Gasteiger partial charge in [-0.05, 0) is 32.9 Å². The van der Waals surface area contributed by atoms with E-state index in [1.807, 2.05) is 45.3 Å². The molecule has 1 amide bonds. The predicted octanol–water partition coefficient (Wildman–Crippen LogP) is 3.83. The molecule has 1 aromatic carbocycles. The normalized spacial score (nSPS) is 11.8. The van der Waals surface area contributed by atoms with E-state index in [4.69, 9.17) is 0 Å². The first-order valence-corrected chi connectivity index (χ1v) is 8.06. The molecule has 5 heteroatoms. The van der Waals surface area contributed by atoms with Crippen molar-refractivity contribution in [1.82, 2.24) is 14.9 Å². The molecule has 0 unspecified atom stereocenters. The Morgan fingerprint density at radius 2 is 2.00 bits per heavy atom. The molecule has 22 heavy (non-hydrogen) atoms. The van der Waals surface area contributed by atoms with Crippen LogP contribution in [0.15, 0.2) is 35.7 Å². The van der Waals surface area contributed by atoms with Crippen LogP contribution >= 0.6 is 11.3 Å². The zero-order valence-electron chi connectivity index (χ0n) is 13.2. The fraction of sp³-hybridized carbons (Fsp3) is 0.294. The number of amides is 1. The minimum Gasteiger partial charge on any atom is -0.346 e. The van der Waals surface area contributed by atoms with E-state index in [-0.39, 0.29) is 11.4 Å². The summed E-state index contributed by atoms with van der Waals surface area (Å²) in [6, 6.07) is 10.3. The molecule has 3 aromatic rings. The molecule has 114 valence electrons. The van der Waals surface area contributed by atoms with Crippen LogP contribution in [0.3, 0.4) is 0 Å². The van der Waals surface area contributed by atoms with Crippen molar-refractivity contribution >= 4 is 28.1 Å². The van der Waals surface area contributed by atoms with E-state index in [1.165, 1.54) is 16.7 Å². The van der Waals surface area contributed by atoms with Gasteiger partial charge in [-0.25, -0.2) is 4.98 Å². The van der Waals surface area contributed by atoms with Crippen molar-refractivity contribution in [2.24, 2.45) is 7.05 Å². The van der Waals surface area contributed by atoms with Crippen molar-refractivity contribution in [3.63, 3.8) is 0 Å². The molecule has 0 saturated heterocycles. The second-order valence-electron chi connectivity index (χ2n) is 6.39. The Hall–Kier alpha value is -2.14. The summed E-state index contributed by atoms with van der Waals surface area (Å²) in [4.78, 5) is 16.7. The molecule has 0 fully saturated rings. The second-order valence-corrected chi connectivity index (χ2v) is 7.25. The number of carbonyl (C=O) groups excluding carboxylic acids is 1. The van der Waals surface area contributed by atoms with E-state index in [1.54, 1.807) is 0 Å². The predicted molar refractivity (Wildman–Crippen MR) is 91.2 cm³/mol. The van der Waals surface area contributed by atoms with Crippen molar-refractivity contribution in [2.75, 3.05) is 0 Å². The molecule has 2 aromatic heterocycles. The summed E-state index contributed by atoms with van der Waals surface area (Å²) in [6.07, 6.45) is 0. The number of rotatable bonds is 2.